The van der Waals surface area contributed by atoms with Gasteiger partial charge < -0.3 is 24.4 Å². The Kier molecular flexibility index (Phi) is 4.70. The van der Waals surface area contributed by atoms with Crippen LogP contribution >= 0.6 is 0 Å². The van der Waals surface area contributed by atoms with Gasteiger partial charge in [-0.25, -0.2) is 4.79 Å². The molecule has 0 aromatic rings. The second kappa shape index (κ2) is 6.85. The molecule has 0 amide bonds. The van der Waals surface area contributed by atoms with E-state index in [1.807, 2.05) is 0 Å². The van der Waals surface area contributed by atoms with Crippen LogP contribution in [0.15, 0.2) is 46.1 Å². The number of allylic oxidation sites excluding steroid dienone is 3. The third-order valence-electron chi connectivity index (χ3n) is 6.26. The van der Waals surface area contributed by atoms with Crippen LogP contribution in [-0.2, 0) is 23.8 Å². The second-order valence-corrected chi connectivity index (χ2v) is 8.28. The van der Waals surface area contributed by atoms with Crippen LogP contribution in [0.5, 0.6) is 0 Å². The van der Waals surface area contributed by atoms with Crippen molar-refractivity contribution in [2.75, 3.05) is 0 Å². The highest BCUT2D eigenvalue weighted by molar-refractivity contribution is 5.94. The van der Waals surface area contributed by atoms with Gasteiger partial charge in [-0.15, -0.1) is 0 Å². The van der Waals surface area contributed by atoms with Crippen LogP contribution in [0, 0.1) is 5.92 Å². The third kappa shape index (κ3) is 2.79. The lowest BCUT2D eigenvalue weighted by molar-refractivity contribution is -0.280. The van der Waals surface area contributed by atoms with E-state index in [0.29, 0.717) is 36.0 Å². The van der Waals surface area contributed by atoms with Crippen LogP contribution in [0.2, 0.25) is 0 Å². The Bertz CT molecular complexity index is 889. The molecule has 0 saturated heterocycles. The molecule has 7 nitrogen and oxygen atoms in total. The maximum atomic E-state index is 12.9. The molecule has 0 unspecified atom stereocenters. The number of aliphatic hydroxyl groups is 2. The maximum Gasteiger partial charge on any atom is 0.338 e. The van der Waals surface area contributed by atoms with E-state index in [4.69, 9.17) is 14.2 Å². The van der Waals surface area contributed by atoms with Crippen molar-refractivity contribution in [3.8, 4) is 0 Å². The average molecular weight is 402 g/mol. The largest absolute Gasteiger partial charge is 0.469 e. The van der Waals surface area contributed by atoms with E-state index >= 15 is 0 Å². The summed E-state index contributed by atoms with van der Waals surface area (Å²) >= 11 is 0. The first-order chi connectivity index (χ1) is 13.7. The van der Waals surface area contributed by atoms with Gasteiger partial charge in [0.2, 0.25) is 0 Å². The fourth-order valence-electron chi connectivity index (χ4n) is 4.71. The minimum absolute atomic E-state index is 0.0827. The van der Waals surface area contributed by atoms with Crippen LogP contribution in [-0.4, -0.2) is 40.0 Å². The Hall–Kier alpha value is -2.38. The predicted octanol–water partition coefficient (Wildman–Crippen LogP) is 2.55. The van der Waals surface area contributed by atoms with Gasteiger partial charge in [0, 0.05) is 12.0 Å². The van der Waals surface area contributed by atoms with Gasteiger partial charge in [0.15, 0.2) is 6.29 Å². The van der Waals surface area contributed by atoms with E-state index in [2.05, 4.69) is 6.92 Å². The van der Waals surface area contributed by atoms with Crippen molar-refractivity contribution in [1.29, 1.82) is 0 Å². The molecule has 2 N–H and O–H groups in total. The summed E-state index contributed by atoms with van der Waals surface area (Å²) in [4.78, 5) is 24.9. The smallest absolute Gasteiger partial charge is 0.338 e. The van der Waals surface area contributed by atoms with Crippen LogP contribution < -0.4 is 0 Å². The number of rotatable bonds is 5. The summed E-state index contributed by atoms with van der Waals surface area (Å²) in [6.45, 7) is 5.16. The van der Waals surface area contributed by atoms with Crippen LogP contribution in [0.4, 0.5) is 0 Å². The Morgan fingerprint density at radius 3 is 2.76 bits per heavy atom. The highest BCUT2D eigenvalue weighted by Crippen LogP contribution is 2.57. The standard InChI is InChI=1S/C22H26O7/c1-4-5-6-7-13-9-17-18(20(24)28-13)19-15-11-27-12(2)8-14(15)16(10-23)22(26,29-17)21(19,3)25/h8,10-11,13,19,25-26H,4-7,9H2,1-3H3/t13-,19-,21-,22-/m1/s1. The number of hydrogen-bond donors (Lipinski definition) is 2. The van der Waals surface area contributed by atoms with Crippen LogP contribution in [0.3, 0.4) is 0 Å². The Morgan fingerprint density at radius 1 is 1.31 bits per heavy atom. The lowest BCUT2D eigenvalue weighted by atomic mass is 9.62. The highest BCUT2D eigenvalue weighted by atomic mass is 16.6. The summed E-state index contributed by atoms with van der Waals surface area (Å²) in [5, 5.41) is 22.7. The molecular formula is C22H26O7. The van der Waals surface area contributed by atoms with Gasteiger partial charge in [0.1, 0.15) is 23.2 Å². The number of esters is 1. The minimum atomic E-state index is -2.27. The van der Waals surface area contributed by atoms with E-state index < -0.39 is 23.3 Å². The monoisotopic (exact) mass is 402 g/mol. The van der Waals surface area contributed by atoms with Crippen molar-refractivity contribution in [2.24, 2.45) is 5.92 Å². The lowest BCUT2D eigenvalue weighted by Gasteiger charge is -2.55. The zero-order valence-corrected chi connectivity index (χ0v) is 16.9. The first-order valence-electron chi connectivity index (χ1n) is 10.1. The second-order valence-electron chi connectivity index (χ2n) is 8.28. The number of fused-ring (bicyclic) bond motifs is 5. The van der Waals surface area contributed by atoms with E-state index in [9.17, 15) is 19.8 Å². The molecule has 1 aliphatic carbocycles. The quantitative estimate of drug-likeness (QED) is 0.414. The first-order valence-corrected chi connectivity index (χ1v) is 10.1. The van der Waals surface area contributed by atoms with Crippen molar-refractivity contribution in [2.45, 2.75) is 70.4 Å². The van der Waals surface area contributed by atoms with Crippen molar-refractivity contribution >= 4 is 12.3 Å². The van der Waals surface area contributed by atoms with Crippen LogP contribution in [0.25, 0.3) is 0 Å². The van der Waals surface area contributed by atoms with Crippen molar-refractivity contribution in [3.63, 3.8) is 0 Å². The number of unbranched alkanes of at least 4 members (excludes halogenated alkanes) is 2. The SMILES string of the molecule is CCCCC[C@@H]1CC2=C(C(=O)O1)[C@H]1C3=COC(C)=CC3=C(C=O)[C@@](O)(O2)[C@]1(C)O. The van der Waals surface area contributed by atoms with Gasteiger partial charge in [0.05, 0.1) is 23.3 Å². The number of cyclic esters (lactones) is 1. The van der Waals surface area contributed by atoms with E-state index in [0.717, 1.165) is 19.3 Å². The van der Waals surface area contributed by atoms with Gasteiger partial charge in [-0.1, -0.05) is 19.8 Å². The third-order valence-corrected chi connectivity index (χ3v) is 6.26. The van der Waals surface area contributed by atoms with Gasteiger partial charge in [0.25, 0.3) is 5.79 Å². The van der Waals surface area contributed by atoms with E-state index in [-0.39, 0.29) is 23.0 Å². The van der Waals surface area contributed by atoms with E-state index in [1.165, 1.54) is 13.2 Å². The summed E-state index contributed by atoms with van der Waals surface area (Å²) in [6, 6.07) is 0. The molecule has 156 valence electrons. The predicted molar refractivity (Wildman–Crippen MR) is 102 cm³/mol. The molecule has 0 spiro atoms. The number of carbonyl (C=O) groups excluding carboxylic acids is 2. The van der Waals surface area contributed by atoms with Crippen molar-refractivity contribution < 1.29 is 34.0 Å². The van der Waals surface area contributed by atoms with Crippen molar-refractivity contribution in [1.82, 2.24) is 0 Å². The Balaban J connectivity index is 1.82. The number of carbonyl (C=O) groups is 2. The molecule has 4 aliphatic rings. The van der Waals surface area contributed by atoms with Gasteiger partial charge in [-0.3, -0.25) is 4.79 Å². The fourth-order valence-corrected chi connectivity index (χ4v) is 4.71. The molecule has 0 fully saturated rings. The summed E-state index contributed by atoms with van der Waals surface area (Å²) in [7, 11) is 0. The molecule has 2 bridgehead atoms. The molecule has 0 aromatic carbocycles. The number of ether oxygens (including phenoxy) is 3. The Morgan fingerprint density at radius 2 is 2.07 bits per heavy atom. The molecule has 0 radical (unpaired) electrons. The number of hydrogen-bond acceptors (Lipinski definition) is 7. The topological polar surface area (TPSA) is 102 Å². The lowest BCUT2D eigenvalue weighted by Crippen LogP contribution is -2.66. The fraction of sp³-hybridized carbons (Fsp3) is 0.545. The first kappa shape index (κ1) is 19.9. The van der Waals surface area contributed by atoms with Crippen LogP contribution in [0.1, 0.15) is 52.9 Å². The molecule has 4 atom stereocenters. The molecule has 3 heterocycles. The van der Waals surface area contributed by atoms with Crippen molar-refractivity contribution in [3.05, 3.63) is 46.1 Å². The molecule has 7 heteroatoms. The Labute approximate surface area is 169 Å². The van der Waals surface area contributed by atoms with E-state index in [1.54, 1.807) is 13.0 Å². The zero-order chi connectivity index (χ0) is 21.0. The summed E-state index contributed by atoms with van der Waals surface area (Å²) < 4.78 is 17.0. The zero-order valence-electron chi connectivity index (χ0n) is 16.9. The molecular weight excluding hydrogens is 376 g/mol. The molecule has 3 aliphatic heterocycles. The molecule has 0 saturated carbocycles. The highest BCUT2D eigenvalue weighted by Gasteiger charge is 2.67. The molecule has 4 rings (SSSR count). The van der Waals surface area contributed by atoms with Gasteiger partial charge in [-0.2, -0.15) is 0 Å². The molecule has 0 aromatic heterocycles. The average Bonchev–Trinajstić information content (AvgIpc) is 2.64. The maximum absolute atomic E-state index is 12.9. The molecule has 29 heavy (non-hydrogen) atoms. The summed E-state index contributed by atoms with van der Waals surface area (Å²) in [5.74, 6) is -3.00. The minimum Gasteiger partial charge on any atom is -0.469 e. The van der Waals surface area contributed by atoms with Gasteiger partial charge in [-0.05, 0) is 38.3 Å². The number of aldehydes is 1. The van der Waals surface area contributed by atoms with Gasteiger partial charge >= 0.3 is 5.97 Å². The summed E-state index contributed by atoms with van der Waals surface area (Å²) in [5.41, 5.74) is -1.03. The summed E-state index contributed by atoms with van der Waals surface area (Å²) in [6.07, 6.45) is 7.13. The normalized spacial score (nSPS) is 35.6.